The Kier molecular flexibility index (Phi) is 5.60. The second kappa shape index (κ2) is 7.24. The smallest absolute Gasteiger partial charge is 0.0237 e. The second-order valence-electron chi connectivity index (χ2n) is 7.13. The van der Waals surface area contributed by atoms with Gasteiger partial charge in [0.05, 0.1) is 0 Å². The summed E-state index contributed by atoms with van der Waals surface area (Å²) in [4.78, 5) is 2.54. The van der Waals surface area contributed by atoms with Crippen LogP contribution in [0.25, 0.3) is 0 Å². The quantitative estimate of drug-likeness (QED) is 0.832. The topological polar surface area (TPSA) is 15.3 Å². The first-order valence-corrected chi connectivity index (χ1v) is 8.13. The molecule has 0 radical (unpaired) electrons. The predicted octanol–water partition coefficient (Wildman–Crippen LogP) is 3.63. The first kappa shape index (κ1) is 16.3. The third-order valence-electron chi connectivity index (χ3n) is 4.35. The highest BCUT2D eigenvalue weighted by molar-refractivity contribution is 5.23. The van der Waals surface area contributed by atoms with Gasteiger partial charge >= 0.3 is 0 Å². The van der Waals surface area contributed by atoms with Crippen molar-refractivity contribution in [2.45, 2.75) is 40.2 Å². The maximum absolute atomic E-state index is 3.20. The van der Waals surface area contributed by atoms with Gasteiger partial charge in [-0.05, 0) is 43.0 Å². The molecule has 0 aliphatic carbocycles. The van der Waals surface area contributed by atoms with Gasteiger partial charge in [-0.1, -0.05) is 56.7 Å². The molecule has 2 rings (SSSR count). The van der Waals surface area contributed by atoms with Crippen molar-refractivity contribution in [2.75, 3.05) is 26.7 Å². The molecule has 1 heterocycles. The van der Waals surface area contributed by atoms with Gasteiger partial charge in [-0.15, -0.1) is 0 Å². The third-order valence-corrected chi connectivity index (χ3v) is 4.35. The monoisotopic (exact) mass is 286 g/mol. The number of hydrogen-bond acceptors (Lipinski definition) is 2. The van der Waals surface area contributed by atoms with E-state index in [9.17, 15) is 0 Å². The van der Waals surface area contributed by atoms with Crippen molar-refractivity contribution in [1.82, 2.24) is 10.2 Å². The molecule has 0 bridgehead atoms. The van der Waals surface area contributed by atoms with E-state index < -0.39 is 0 Å². The molecule has 0 saturated heterocycles. The molecule has 116 valence electrons. The van der Waals surface area contributed by atoms with Crippen LogP contribution in [0.2, 0.25) is 0 Å². The number of benzene rings is 1. The molecule has 0 fully saturated rings. The van der Waals surface area contributed by atoms with Crippen LogP contribution in [0.5, 0.6) is 0 Å². The molecule has 1 aromatic carbocycles. The number of likely N-dealkylation sites (N-methyl/N-ethyl adjacent to an activating group) is 1. The minimum atomic E-state index is 0.334. The van der Waals surface area contributed by atoms with Crippen molar-refractivity contribution < 1.29 is 0 Å². The standard InChI is InChI=1S/C19H30N2/c1-19(2,3)18-10-13-21(14-11-18)15-17-7-5-16(6-8-17)9-12-20-4/h5-8,10,20H,9,11-15H2,1-4H3. The fraction of sp³-hybridized carbons (Fsp3) is 0.579. The van der Waals surface area contributed by atoms with Crippen molar-refractivity contribution in [3.8, 4) is 0 Å². The Balaban J connectivity index is 1.87. The molecule has 2 heteroatoms. The summed E-state index contributed by atoms with van der Waals surface area (Å²) in [5.74, 6) is 0. The van der Waals surface area contributed by atoms with Crippen LogP contribution in [0.15, 0.2) is 35.9 Å². The molecule has 0 amide bonds. The average Bonchev–Trinajstić information content (AvgIpc) is 2.46. The zero-order valence-electron chi connectivity index (χ0n) is 14.1. The van der Waals surface area contributed by atoms with Crippen LogP contribution in [0.4, 0.5) is 0 Å². The van der Waals surface area contributed by atoms with Gasteiger partial charge in [0.25, 0.3) is 0 Å². The molecule has 21 heavy (non-hydrogen) atoms. The average molecular weight is 286 g/mol. The van der Waals surface area contributed by atoms with E-state index in [0.717, 1.165) is 26.1 Å². The van der Waals surface area contributed by atoms with Gasteiger partial charge in [0.2, 0.25) is 0 Å². The Morgan fingerprint density at radius 3 is 2.29 bits per heavy atom. The summed E-state index contributed by atoms with van der Waals surface area (Å²) in [6.07, 6.45) is 4.76. The summed E-state index contributed by atoms with van der Waals surface area (Å²) in [7, 11) is 2.00. The molecular weight excluding hydrogens is 256 g/mol. The Bertz CT molecular complexity index is 465. The van der Waals surface area contributed by atoms with Gasteiger partial charge in [-0.25, -0.2) is 0 Å². The van der Waals surface area contributed by atoms with Gasteiger partial charge in [0, 0.05) is 19.6 Å². The summed E-state index contributed by atoms with van der Waals surface area (Å²) in [6.45, 7) is 11.3. The van der Waals surface area contributed by atoms with Crippen molar-refractivity contribution in [1.29, 1.82) is 0 Å². The maximum atomic E-state index is 3.20. The maximum Gasteiger partial charge on any atom is 0.0237 e. The van der Waals surface area contributed by atoms with E-state index in [4.69, 9.17) is 0 Å². The van der Waals surface area contributed by atoms with Crippen molar-refractivity contribution in [2.24, 2.45) is 5.41 Å². The zero-order valence-corrected chi connectivity index (χ0v) is 14.1. The Morgan fingerprint density at radius 2 is 1.76 bits per heavy atom. The normalized spacial score (nSPS) is 16.9. The van der Waals surface area contributed by atoms with E-state index >= 15 is 0 Å². The lowest BCUT2D eigenvalue weighted by molar-refractivity contribution is 0.271. The largest absolute Gasteiger partial charge is 0.319 e. The number of rotatable bonds is 5. The molecule has 0 atom stereocenters. The van der Waals surface area contributed by atoms with Gasteiger partial charge in [0.15, 0.2) is 0 Å². The fourth-order valence-electron chi connectivity index (χ4n) is 2.87. The van der Waals surface area contributed by atoms with Gasteiger partial charge < -0.3 is 5.32 Å². The molecule has 1 N–H and O–H groups in total. The van der Waals surface area contributed by atoms with Crippen LogP contribution in [0, 0.1) is 5.41 Å². The third kappa shape index (κ3) is 4.98. The van der Waals surface area contributed by atoms with E-state index in [2.05, 4.69) is 61.3 Å². The first-order valence-electron chi connectivity index (χ1n) is 8.13. The molecule has 1 aromatic rings. The lowest BCUT2D eigenvalue weighted by Gasteiger charge is -2.32. The molecule has 0 aromatic heterocycles. The van der Waals surface area contributed by atoms with Gasteiger partial charge in [0.1, 0.15) is 0 Å². The van der Waals surface area contributed by atoms with Crippen molar-refractivity contribution >= 4 is 0 Å². The van der Waals surface area contributed by atoms with Crippen molar-refractivity contribution in [3.05, 3.63) is 47.0 Å². The summed E-state index contributed by atoms with van der Waals surface area (Å²) in [5.41, 5.74) is 4.79. The summed E-state index contributed by atoms with van der Waals surface area (Å²) in [5, 5.41) is 3.20. The van der Waals surface area contributed by atoms with Crippen molar-refractivity contribution in [3.63, 3.8) is 0 Å². The summed E-state index contributed by atoms with van der Waals surface area (Å²) >= 11 is 0. The van der Waals surface area contributed by atoms with E-state index in [1.807, 2.05) is 7.05 Å². The molecule has 1 aliphatic heterocycles. The van der Waals surface area contributed by atoms with E-state index in [1.165, 1.54) is 24.1 Å². The van der Waals surface area contributed by atoms with Gasteiger partial charge in [-0.3, -0.25) is 4.90 Å². The Morgan fingerprint density at radius 1 is 1.10 bits per heavy atom. The van der Waals surface area contributed by atoms with Crippen LogP contribution < -0.4 is 5.32 Å². The minimum Gasteiger partial charge on any atom is -0.319 e. The molecule has 2 nitrogen and oxygen atoms in total. The molecular formula is C19H30N2. The Hall–Kier alpha value is -1.12. The lowest BCUT2D eigenvalue weighted by Crippen LogP contribution is -2.30. The number of hydrogen-bond donors (Lipinski definition) is 1. The Labute approximate surface area is 130 Å². The summed E-state index contributed by atoms with van der Waals surface area (Å²) < 4.78 is 0. The fourth-order valence-corrected chi connectivity index (χ4v) is 2.87. The molecule has 1 aliphatic rings. The molecule has 0 saturated carbocycles. The van der Waals surface area contributed by atoms with Crippen LogP contribution >= 0.6 is 0 Å². The van der Waals surface area contributed by atoms with E-state index in [0.29, 0.717) is 5.41 Å². The SMILES string of the molecule is CNCCc1ccc(CN2CC=C(C(C)(C)C)CC2)cc1. The number of nitrogens with one attached hydrogen (secondary N) is 1. The summed E-state index contributed by atoms with van der Waals surface area (Å²) in [6, 6.07) is 9.11. The van der Waals surface area contributed by atoms with Crippen LogP contribution in [0.1, 0.15) is 38.3 Å². The minimum absolute atomic E-state index is 0.334. The van der Waals surface area contributed by atoms with E-state index in [-0.39, 0.29) is 0 Å². The van der Waals surface area contributed by atoms with Crippen LogP contribution in [-0.2, 0) is 13.0 Å². The predicted molar refractivity (Wildman–Crippen MR) is 91.5 cm³/mol. The molecule has 0 unspecified atom stereocenters. The highest BCUT2D eigenvalue weighted by Gasteiger charge is 2.21. The second-order valence-corrected chi connectivity index (χ2v) is 7.13. The highest BCUT2D eigenvalue weighted by Crippen LogP contribution is 2.30. The van der Waals surface area contributed by atoms with E-state index in [1.54, 1.807) is 5.57 Å². The zero-order chi connectivity index (χ0) is 15.3. The van der Waals surface area contributed by atoms with Crippen LogP contribution in [-0.4, -0.2) is 31.6 Å². The number of nitrogens with zero attached hydrogens (tertiary/aromatic N) is 1. The first-order chi connectivity index (χ1) is 9.99. The van der Waals surface area contributed by atoms with Crippen LogP contribution in [0.3, 0.4) is 0 Å². The lowest BCUT2D eigenvalue weighted by atomic mass is 9.83. The van der Waals surface area contributed by atoms with Gasteiger partial charge in [-0.2, -0.15) is 0 Å². The highest BCUT2D eigenvalue weighted by atomic mass is 15.1. The molecule has 0 spiro atoms.